The molecule has 112 valence electrons. The zero-order valence-corrected chi connectivity index (χ0v) is 12.1. The Kier molecular flexibility index (Phi) is 3.66. The molecule has 0 aliphatic carbocycles. The average Bonchev–Trinajstić information content (AvgIpc) is 2.52. The summed E-state index contributed by atoms with van der Waals surface area (Å²) < 4.78 is 13.1. The van der Waals surface area contributed by atoms with Crippen molar-refractivity contribution in [2.75, 3.05) is 11.4 Å². The van der Waals surface area contributed by atoms with Crippen molar-refractivity contribution < 1.29 is 14.0 Å². The van der Waals surface area contributed by atoms with Crippen LogP contribution in [0.15, 0.2) is 24.3 Å². The van der Waals surface area contributed by atoms with Gasteiger partial charge in [0, 0.05) is 12.2 Å². The van der Waals surface area contributed by atoms with E-state index < -0.39 is 6.04 Å². The molecule has 1 aromatic carbocycles. The Bertz CT molecular complexity index is 558. The summed E-state index contributed by atoms with van der Waals surface area (Å²) in [6.45, 7) is 2.57. The van der Waals surface area contributed by atoms with Crippen LogP contribution in [0.25, 0.3) is 0 Å². The van der Waals surface area contributed by atoms with Gasteiger partial charge in [-0.25, -0.2) is 4.39 Å². The van der Waals surface area contributed by atoms with Gasteiger partial charge in [-0.2, -0.15) is 0 Å². The van der Waals surface area contributed by atoms with Gasteiger partial charge in [-0.15, -0.1) is 0 Å². The Morgan fingerprint density at radius 2 is 1.86 bits per heavy atom. The van der Waals surface area contributed by atoms with Crippen LogP contribution in [0.4, 0.5) is 10.1 Å². The summed E-state index contributed by atoms with van der Waals surface area (Å²) in [5.41, 5.74) is 0.604. The van der Waals surface area contributed by atoms with Gasteiger partial charge in [0.25, 0.3) is 5.91 Å². The summed E-state index contributed by atoms with van der Waals surface area (Å²) in [6.07, 6.45) is 3.21. The lowest BCUT2D eigenvalue weighted by Gasteiger charge is -2.46. The number of piperidine rings is 1. The van der Waals surface area contributed by atoms with E-state index in [2.05, 4.69) is 0 Å². The lowest BCUT2D eigenvalue weighted by atomic mass is 9.94. The Labute approximate surface area is 123 Å². The molecule has 2 amide bonds. The van der Waals surface area contributed by atoms with Crippen LogP contribution in [-0.2, 0) is 9.59 Å². The molecule has 5 heteroatoms. The van der Waals surface area contributed by atoms with Crippen LogP contribution in [0.3, 0.4) is 0 Å². The van der Waals surface area contributed by atoms with Gasteiger partial charge in [0.15, 0.2) is 0 Å². The molecule has 0 N–H and O–H groups in total. The van der Waals surface area contributed by atoms with E-state index in [9.17, 15) is 14.0 Å². The molecule has 0 spiro atoms. The molecule has 2 fully saturated rings. The Hall–Kier alpha value is -1.91. The van der Waals surface area contributed by atoms with Crippen LogP contribution in [-0.4, -0.2) is 35.3 Å². The van der Waals surface area contributed by atoms with Gasteiger partial charge in [-0.1, -0.05) is 6.92 Å². The van der Waals surface area contributed by atoms with E-state index in [1.807, 2.05) is 6.92 Å². The number of hydrogen-bond donors (Lipinski definition) is 0. The summed E-state index contributed by atoms with van der Waals surface area (Å²) >= 11 is 0. The first-order valence-corrected chi connectivity index (χ1v) is 7.52. The van der Waals surface area contributed by atoms with Gasteiger partial charge in [0.1, 0.15) is 17.9 Å². The molecule has 0 aromatic heterocycles. The van der Waals surface area contributed by atoms with Crippen molar-refractivity contribution in [3.05, 3.63) is 30.1 Å². The summed E-state index contributed by atoms with van der Waals surface area (Å²) in [5, 5.41) is 0. The third-order valence-corrected chi connectivity index (χ3v) is 4.40. The van der Waals surface area contributed by atoms with Crippen LogP contribution in [0.2, 0.25) is 0 Å². The second-order valence-electron chi connectivity index (χ2n) is 5.65. The van der Waals surface area contributed by atoms with Gasteiger partial charge >= 0.3 is 0 Å². The number of benzene rings is 1. The van der Waals surface area contributed by atoms with Gasteiger partial charge in [0.05, 0.1) is 0 Å². The zero-order valence-electron chi connectivity index (χ0n) is 12.1. The zero-order chi connectivity index (χ0) is 15.0. The first-order valence-electron chi connectivity index (χ1n) is 7.52. The van der Waals surface area contributed by atoms with Crippen molar-refractivity contribution >= 4 is 17.5 Å². The topological polar surface area (TPSA) is 40.6 Å². The van der Waals surface area contributed by atoms with Gasteiger partial charge < -0.3 is 4.90 Å². The molecule has 2 aliphatic heterocycles. The number of amides is 2. The quantitative estimate of drug-likeness (QED) is 0.839. The van der Waals surface area contributed by atoms with Crippen LogP contribution in [0.5, 0.6) is 0 Å². The highest BCUT2D eigenvalue weighted by Gasteiger charge is 2.46. The number of hydrogen-bond acceptors (Lipinski definition) is 2. The van der Waals surface area contributed by atoms with Crippen molar-refractivity contribution in [2.45, 2.75) is 44.7 Å². The third-order valence-electron chi connectivity index (χ3n) is 4.40. The Balaban J connectivity index is 1.98. The number of piperazine rings is 1. The number of fused-ring (bicyclic) bond motifs is 1. The maximum absolute atomic E-state index is 13.1. The van der Waals surface area contributed by atoms with E-state index in [4.69, 9.17) is 0 Å². The largest absolute Gasteiger partial charge is 0.329 e. The minimum absolute atomic E-state index is 0.0196. The molecular formula is C16H19FN2O2. The lowest BCUT2D eigenvalue weighted by Crippen LogP contribution is -2.66. The van der Waals surface area contributed by atoms with Crippen LogP contribution in [0.1, 0.15) is 32.6 Å². The van der Waals surface area contributed by atoms with Crippen LogP contribution < -0.4 is 4.90 Å². The second kappa shape index (κ2) is 5.47. The van der Waals surface area contributed by atoms with E-state index in [0.29, 0.717) is 18.7 Å². The molecule has 3 rings (SSSR count). The fourth-order valence-corrected chi connectivity index (χ4v) is 3.33. The van der Waals surface area contributed by atoms with E-state index in [-0.39, 0.29) is 23.7 Å². The minimum Gasteiger partial charge on any atom is -0.329 e. The molecular weight excluding hydrogens is 271 g/mol. The Morgan fingerprint density at radius 1 is 1.14 bits per heavy atom. The van der Waals surface area contributed by atoms with Gasteiger partial charge in [-0.05, 0) is 49.9 Å². The van der Waals surface area contributed by atoms with Crippen molar-refractivity contribution in [3.63, 3.8) is 0 Å². The summed E-state index contributed by atoms with van der Waals surface area (Å²) in [4.78, 5) is 28.7. The third kappa shape index (κ3) is 2.30. The number of anilines is 1. The number of nitrogens with zero attached hydrogens (tertiary/aromatic N) is 2. The number of halogens is 1. The highest BCUT2D eigenvalue weighted by molar-refractivity contribution is 6.08. The number of rotatable bonds is 2. The maximum Gasteiger partial charge on any atom is 0.250 e. The molecule has 2 saturated heterocycles. The maximum atomic E-state index is 13.1. The number of carbonyl (C=O) groups excluding carboxylic acids is 2. The molecule has 1 aromatic rings. The molecule has 2 heterocycles. The summed E-state index contributed by atoms with van der Waals surface area (Å²) in [6, 6.07) is 4.97. The van der Waals surface area contributed by atoms with Gasteiger partial charge in [-0.3, -0.25) is 14.5 Å². The fourth-order valence-electron chi connectivity index (χ4n) is 3.33. The highest BCUT2D eigenvalue weighted by Crippen LogP contribution is 2.31. The monoisotopic (exact) mass is 290 g/mol. The molecule has 21 heavy (non-hydrogen) atoms. The average molecular weight is 290 g/mol. The predicted octanol–water partition coefficient (Wildman–Crippen LogP) is 2.33. The SMILES string of the molecule is CCC1C(=O)N2CCCCC2C(=O)N1c1ccc(F)cc1. The van der Waals surface area contributed by atoms with E-state index in [1.165, 1.54) is 12.1 Å². The molecule has 2 atom stereocenters. The normalized spacial score (nSPS) is 26.0. The Morgan fingerprint density at radius 3 is 2.52 bits per heavy atom. The van der Waals surface area contributed by atoms with Crippen molar-refractivity contribution in [1.29, 1.82) is 0 Å². The molecule has 2 unspecified atom stereocenters. The smallest absolute Gasteiger partial charge is 0.250 e. The van der Waals surface area contributed by atoms with Crippen LogP contribution in [0, 0.1) is 5.82 Å². The van der Waals surface area contributed by atoms with E-state index in [1.54, 1.807) is 21.9 Å². The second-order valence-corrected chi connectivity index (χ2v) is 5.65. The lowest BCUT2D eigenvalue weighted by molar-refractivity contribution is -0.148. The minimum atomic E-state index is -0.475. The number of carbonyl (C=O) groups is 2. The van der Waals surface area contributed by atoms with Crippen LogP contribution >= 0.6 is 0 Å². The molecule has 0 radical (unpaired) electrons. The molecule has 0 saturated carbocycles. The van der Waals surface area contributed by atoms with Gasteiger partial charge in [0.2, 0.25) is 5.91 Å². The highest BCUT2D eigenvalue weighted by atomic mass is 19.1. The van der Waals surface area contributed by atoms with Crippen molar-refractivity contribution in [1.82, 2.24) is 4.90 Å². The summed E-state index contributed by atoms with van der Waals surface area (Å²) in [5.74, 6) is -0.360. The molecule has 4 nitrogen and oxygen atoms in total. The molecule has 2 aliphatic rings. The van der Waals surface area contributed by atoms with Crippen molar-refractivity contribution in [2.24, 2.45) is 0 Å². The first kappa shape index (κ1) is 14.0. The molecule has 0 bridgehead atoms. The van der Waals surface area contributed by atoms with E-state index in [0.717, 1.165) is 19.3 Å². The first-order chi connectivity index (χ1) is 10.1. The predicted molar refractivity (Wildman–Crippen MR) is 77.3 cm³/mol. The fraction of sp³-hybridized carbons (Fsp3) is 0.500. The van der Waals surface area contributed by atoms with E-state index >= 15 is 0 Å². The standard InChI is InChI=1S/C16H19FN2O2/c1-2-13-15(20)18-10-4-3-5-14(18)16(21)19(13)12-8-6-11(17)7-9-12/h6-9,13-14H,2-5,10H2,1H3. The van der Waals surface area contributed by atoms with Crippen molar-refractivity contribution in [3.8, 4) is 0 Å². The summed E-state index contributed by atoms with van der Waals surface area (Å²) in [7, 11) is 0.